The number of hydrogen-bond donors (Lipinski definition) is 1. The van der Waals surface area contributed by atoms with Crippen LogP contribution in [0.25, 0.3) is 0 Å². The van der Waals surface area contributed by atoms with Crippen LogP contribution in [0, 0.1) is 18.7 Å². The van der Waals surface area contributed by atoms with Gasteiger partial charge in [0, 0.05) is 25.1 Å². The second kappa shape index (κ2) is 14.8. The van der Waals surface area contributed by atoms with Crippen molar-refractivity contribution in [2.24, 2.45) is 5.92 Å². The second-order valence-corrected chi connectivity index (χ2v) is 13.0. The Labute approximate surface area is 259 Å². The lowest BCUT2D eigenvalue weighted by molar-refractivity contribution is -0.140. The first kappa shape index (κ1) is 32.4. The molecule has 1 atom stereocenters. The predicted molar refractivity (Wildman–Crippen MR) is 171 cm³/mol. The second-order valence-electron chi connectivity index (χ2n) is 11.1. The van der Waals surface area contributed by atoms with Gasteiger partial charge in [-0.2, -0.15) is 0 Å². The molecule has 0 fully saturated rings. The Balaban J connectivity index is 1.80. The Morgan fingerprint density at radius 3 is 2.11 bits per heavy atom. The summed E-state index contributed by atoms with van der Waals surface area (Å²) in [6.45, 7) is 5.30. The summed E-state index contributed by atoms with van der Waals surface area (Å²) in [6.07, 6.45) is 0.154. The number of anilines is 1. The summed E-state index contributed by atoms with van der Waals surface area (Å²) < 4.78 is 44.1. The molecule has 4 rings (SSSR count). The monoisotopic (exact) mass is 615 g/mol. The lowest BCUT2D eigenvalue weighted by Crippen LogP contribution is -2.53. The molecule has 0 bridgehead atoms. The number of rotatable bonds is 13. The zero-order chi connectivity index (χ0) is 31.7. The van der Waals surface area contributed by atoms with Gasteiger partial charge in [0.25, 0.3) is 10.0 Å². The van der Waals surface area contributed by atoms with Crippen molar-refractivity contribution in [1.82, 2.24) is 10.2 Å². The van der Waals surface area contributed by atoms with Crippen LogP contribution >= 0.6 is 0 Å². The molecule has 0 heterocycles. The normalized spacial score (nSPS) is 12.0. The molecule has 7 nitrogen and oxygen atoms in total. The van der Waals surface area contributed by atoms with Crippen LogP contribution in [0.5, 0.6) is 0 Å². The Morgan fingerprint density at radius 1 is 0.841 bits per heavy atom. The molecule has 0 aliphatic rings. The van der Waals surface area contributed by atoms with Gasteiger partial charge in [0.1, 0.15) is 18.4 Å². The molecule has 0 aliphatic carbocycles. The van der Waals surface area contributed by atoms with Gasteiger partial charge in [0.15, 0.2) is 0 Å². The zero-order valence-electron chi connectivity index (χ0n) is 25.2. The molecule has 1 N–H and O–H groups in total. The minimum atomic E-state index is -4.20. The highest BCUT2D eigenvalue weighted by atomic mass is 32.2. The van der Waals surface area contributed by atoms with Gasteiger partial charge in [0.2, 0.25) is 11.8 Å². The van der Waals surface area contributed by atoms with E-state index < -0.39 is 40.2 Å². The molecular formula is C35H38FN3O4S. The fraction of sp³-hybridized carbons (Fsp3) is 0.257. The van der Waals surface area contributed by atoms with Crippen molar-refractivity contribution in [3.05, 3.63) is 132 Å². The van der Waals surface area contributed by atoms with Crippen molar-refractivity contribution in [2.45, 2.75) is 44.7 Å². The number of amides is 2. The molecule has 2 amide bonds. The van der Waals surface area contributed by atoms with Crippen LogP contribution in [-0.2, 0) is 32.6 Å². The first-order chi connectivity index (χ1) is 21.1. The summed E-state index contributed by atoms with van der Waals surface area (Å²) in [6, 6.07) is 29.0. The van der Waals surface area contributed by atoms with Crippen LogP contribution in [-0.4, -0.2) is 44.3 Å². The van der Waals surface area contributed by atoms with E-state index >= 15 is 0 Å². The molecule has 44 heavy (non-hydrogen) atoms. The Bertz CT molecular complexity index is 1660. The number of benzene rings is 4. The van der Waals surface area contributed by atoms with E-state index in [0.29, 0.717) is 12.2 Å². The lowest BCUT2D eigenvalue weighted by Gasteiger charge is -2.34. The van der Waals surface area contributed by atoms with Gasteiger partial charge >= 0.3 is 0 Å². The van der Waals surface area contributed by atoms with Crippen molar-refractivity contribution in [3.63, 3.8) is 0 Å². The summed E-state index contributed by atoms with van der Waals surface area (Å²) in [5.41, 5.74) is 2.12. The zero-order valence-corrected chi connectivity index (χ0v) is 26.0. The van der Waals surface area contributed by atoms with E-state index in [2.05, 4.69) is 5.32 Å². The molecular weight excluding hydrogens is 577 g/mol. The number of carbonyl (C=O) groups is 2. The summed E-state index contributed by atoms with van der Waals surface area (Å²) in [7, 11) is -4.20. The lowest BCUT2D eigenvalue weighted by atomic mass is 10.0. The number of sulfonamides is 1. The molecule has 4 aromatic rings. The predicted octanol–water partition coefficient (Wildman–Crippen LogP) is 5.74. The number of hydrogen-bond acceptors (Lipinski definition) is 4. The van der Waals surface area contributed by atoms with Gasteiger partial charge < -0.3 is 10.2 Å². The van der Waals surface area contributed by atoms with Gasteiger partial charge in [0.05, 0.1) is 10.6 Å². The summed E-state index contributed by atoms with van der Waals surface area (Å²) >= 11 is 0. The van der Waals surface area contributed by atoms with Crippen LogP contribution in [0.4, 0.5) is 10.1 Å². The van der Waals surface area contributed by atoms with Gasteiger partial charge in [-0.1, -0.05) is 92.7 Å². The molecule has 230 valence electrons. The Kier molecular flexibility index (Phi) is 10.9. The molecule has 0 saturated heterocycles. The third-order valence-corrected chi connectivity index (χ3v) is 8.94. The molecule has 0 radical (unpaired) electrons. The van der Waals surface area contributed by atoms with Gasteiger partial charge in [-0.15, -0.1) is 0 Å². The minimum absolute atomic E-state index is 0.0190. The number of carbonyl (C=O) groups excluding carboxylic acids is 2. The van der Waals surface area contributed by atoms with Gasteiger partial charge in [-0.3, -0.25) is 13.9 Å². The molecule has 0 spiro atoms. The standard InChI is InChI=1S/C35H38FN3O4S/c1-26(2)23-37-35(41)33(22-28-14-6-4-7-15-28)38(24-29-16-10-11-20-32(29)36)34(40)25-39(30-17-12-13-27(3)21-30)44(42,43)31-18-8-5-9-19-31/h4-21,26,33H,22-25H2,1-3H3,(H,37,41)/t33-/m1/s1. The van der Waals surface area contributed by atoms with Crippen molar-refractivity contribution in [3.8, 4) is 0 Å². The largest absolute Gasteiger partial charge is 0.354 e. The van der Waals surface area contributed by atoms with Crippen molar-refractivity contribution >= 4 is 27.5 Å². The fourth-order valence-corrected chi connectivity index (χ4v) is 6.25. The molecule has 0 unspecified atom stereocenters. The smallest absolute Gasteiger partial charge is 0.264 e. The van der Waals surface area contributed by atoms with Crippen molar-refractivity contribution in [2.75, 3.05) is 17.4 Å². The fourth-order valence-electron chi connectivity index (χ4n) is 4.82. The van der Waals surface area contributed by atoms with E-state index in [0.717, 1.165) is 15.4 Å². The highest BCUT2D eigenvalue weighted by molar-refractivity contribution is 7.92. The van der Waals surface area contributed by atoms with Crippen molar-refractivity contribution < 1.29 is 22.4 Å². The van der Waals surface area contributed by atoms with Crippen LogP contribution < -0.4 is 9.62 Å². The van der Waals surface area contributed by atoms with E-state index in [1.807, 2.05) is 57.2 Å². The van der Waals surface area contributed by atoms with Gasteiger partial charge in [-0.25, -0.2) is 12.8 Å². The molecule has 4 aromatic carbocycles. The third-order valence-electron chi connectivity index (χ3n) is 7.15. The van der Waals surface area contributed by atoms with E-state index in [-0.39, 0.29) is 29.3 Å². The quantitative estimate of drug-likeness (QED) is 0.208. The maximum atomic E-state index is 15.0. The van der Waals surface area contributed by atoms with Crippen molar-refractivity contribution in [1.29, 1.82) is 0 Å². The Hall–Kier alpha value is -4.50. The molecule has 9 heteroatoms. The average molecular weight is 616 g/mol. The van der Waals surface area contributed by atoms with Gasteiger partial charge in [-0.05, 0) is 54.3 Å². The number of nitrogens with zero attached hydrogens (tertiary/aromatic N) is 2. The van der Waals surface area contributed by atoms with E-state index in [1.54, 1.807) is 54.6 Å². The molecule has 0 aromatic heterocycles. The Morgan fingerprint density at radius 2 is 1.48 bits per heavy atom. The third kappa shape index (κ3) is 8.32. The average Bonchev–Trinajstić information content (AvgIpc) is 3.02. The van der Waals surface area contributed by atoms with E-state index in [1.165, 1.54) is 23.1 Å². The maximum absolute atomic E-state index is 15.0. The highest BCUT2D eigenvalue weighted by Crippen LogP contribution is 2.26. The number of aryl methyl sites for hydroxylation is 1. The van der Waals surface area contributed by atoms with Crippen LogP contribution in [0.1, 0.15) is 30.5 Å². The van der Waals surface area contributed by atoms with Crippen LogP contribution in [0.3, 0.4) is 0 Å². The summed E-state index contributed by atoms with van der Waals surface area (Å²) in [5.74, 6) is -1.42. The first-order valence-electron chi connectivity index (χ1n) is 14.5. The summed E-state index contributed by atoms with van der Waals surface area (Å²) in [5, 5.41) is 2.93. The minimum Gasteiger partial charge on any atom is -0.354 e. The van der Waals surface area contributed by atoms with E-state index in [4.69, 9.17) is 0 Å². The highest BCUT2D eigenvalue weighted by Gasteiger charge is 2.35. The summed E-state index contributed by atoms with van der Waals surface area (Å²) in [4.78, 5) is 29.5. The van der Waals surface area contributed by atoms with E-state index in [9.17, 15) is 22.4 Å². The van der Waals surface area contributed by atoms with Crippen LogP contribution in [0.2, 0.25) is 0 Å². The first-order valence-corrected chi connectivity index (χ1v) is 16.0. The molecule has 0 aliphatic heterocycles. The topological polar surface area (TPSA) is 86.8 Å². The maximum Gasteiger partial charge on any atom is 0.264 e. The SMILES string of the molecule is Cc1cccc(N(CC(=O)N(Cc2ccccc2F)[C@H](Cc2ccccc2)C(=O)NCC(C)C)S(=O)(=O)c2ccccc2)c1. The molecule has 0 saturated carbocycles. The number of nitrogens with one attached hydrogen (secondary N) is 1. The number of halogens is 1. The van der Waals surface area contributed by atoms with Crippen LogP contribution in [0.15, 0.2) is 114 Å².